The standard InChI is InChI=1S/C24H24F2N4O3/c1-3-7-19(30(2)23(31)28-14-18-10-6-11-20(25)22(18)26)15-33-24(32)29-21-12-16-8-4-5-9-17(16)13-27-21/h3-6,8-13,19H,1,7,14-15H2,2H3,(H,28,31)(H,27,29,32). The summed E-state index contributed by atoms with van der Waals surface area (Å²) in [4.78, 5) is 30.2. The van der Waals surface area contributed by atoms with Crippen LogP contribution in [-0.4, -0.2) is 41.7 Å². The van der Waals surface area contributed by atoms with Crippen LogP contribution in [0.4, 0.5) is 24.2 Å². The molecule has 0 saturated carbocycles. The Balaban J connectivity index is 1.54. The van der Waals surface area contributed by atoms with Gasteiger partial charge in [0.15, 0.2) is 11.6 Å². The number of nitrogens with one attached hydrogen (secondary N) is 2. The largest absolute Gasteiger partial charge is 0.447 e. The van der Waals surface area contributed by atoms with E-state index in [1.165, 1.54) is 24.1 Å². The molecule has 0 saturated heterocycles. The molecule has 0 aliphatic carbocycles. The van der Waals surface area contributed by atoms with Crippen molar-refractivity contribution in [2.45, 2.75) is 19.0 Å². The third kappa shape index (κ3) is 6.25. The van der Waals surface area contributed by atoms with E-state index in [2.05, 4.69) is 22.2 Å². The Labute approximate surface area is 190 Å². The summed E-state index contributed by atoms with van der Waals surface area (Å²) in [5.74, 6) is -1.66. The van der Waals surface area contributed by atoms with Gasteiger partial charge in [-0.25, -0.2) is 23.4 Å². The number of rotatable bonds is 8. The third-order valence-electron chi connectivity index (χ3n) is 5.04. The van der Waals surface area contributed by atoms with Crippen LogP contribution in [0, 0.1) is 11.6 Å². The molecule has 2 N–H and O–H groups in total. The highest BCUT2D eigenvalue weighted by Gasteiger charge is 2.21. The first-order valence-corrected chi connectivity index (χ1v) is 10.2. The van der Waals surface area contributed by atoms with E-state index >= 15 is 0 Å². The number of aromatic nitrogens is 1. The van der Waals surface area contributed by atoms with E-state index < -0.39 is 29.8 Å². The number of benzene rings is 2. The van der Waals surface area contributed by atoms with Crippen LogP contribution in [0.1, 0.15) is 12.0 Å². The normalized spacial score (nSPS) is 11.5. The first kappa shape index (κ1) is 23.6. The number of likely N-dealkylation sites (N-methyl/N-ethyl adjacent to an activating group) is 1. The summed E-state index contributed by atoms with van der Waals surface area (Å²) in [6.45, 7) is 3.37. The Bertz CT molecular complexity index is 1160. The molecule has 0 bridgehead atoms. The predicted octanol–water partition coefficient (Wildman–Crippen LogP) is 4.85. The predicted molar refractivity (Wildman–Crippen MR) is 122 cm³/mol. The highest BCUT2D eigenvalue weighted by molar-refractivity contribution is 5.89. The smallest absolute Gasteiger partial charge is 0.412 e. The van der Waals surface area contributed by atoms with Gasteiger partial charge in [-0.2, -0.15) is 0 Å². The lowest BCUT2D eigenvalue weighted by molar-refractivity contribution is 0.118. The SMILES string of the molecule is C=CCC(COC(=O)Nc1cc2ccccc2cn1)N(C)C(=O)NCc1cccc(F)c1F. The number of amides is 3. The molecule has 2 aromatic carbocycles. The molecule has 7 nitrogen and oxygen atoms in total. The van der Waals surface area contributed by atoms with E-state index in [0.29, 0.717) is 12.2 Å². The summed E-state index contributed by atoms with van der Waals surface area (Å²) in [7, 11) is 1.51. The molecular formula is C24H24F2N4O3. The van der Waals surface area contributed by atoms with Crippen molar-refractivity contribution >= 4 is 28.7 Å². The second-order valence-corrected chi connectivity index (χ2v) is 7.30. The lowest BCUT2D eigenvalue weighted by Gasteiger charge is -2.27. The molecule has 0 radical (unpaired) electrons. The molecule has 3 rings (SSSR count). The van der Waals surface area contributed by atoms with Gasteiger partial charge >= 0.3 is 12.1 Å². The van der Waals surface area contributed by atoms with Crippen molar-refractivity contribution in [2.24, 2.45) is 0 Å². The van der Waals surface area contributed by atoms with Gasteiger partial charge in [0.05, 0.1) is 6.04 Å². The zero-order valence-electron chi connectivity index (χ0n) is 18.1. The van der Waals surface area contributed by atoms with Gasteiger partial charge < -0.3 is 15.0 Å². The molecule has 9 heteroatoms. The minimum absolute atomic E-state index is 0.0236. The van der Waals surface area contributed by atoms with Crippen LogP contribution in [0.15, 0.2) is 67.4 Å². The number of hydrogen-bond donors (Lipinski definition) is 2. The van der Waals surface area contributed by atoms with Crippen molar-refractivity contribution in [2.75, 3.05) is 19.0 Å². The fraction of sp³-hybridized carbons (Fsp3) is 0.208. The van der Waals surface area contributed by atoms with E-state index in [0.717, 1.165) is 16.8 Å². The number of hydrogen-bond acceptors (Lipinski definition) is 4. The van der Waals surface area contributed by atoms with Crippen molar-refractivity contribution in [3.8, 4) is 0 Å². The lowest BCUT2D eigenvalue weighted by atomic mass is 10.2. The van der Waals surface area contributed by atoms with Gasteiger partial charge in [0.2, 0.25) is 0 Å². The second-order valence-electron chi connectivity index (χ2n) is 7.30. The average Bonchev–Trinajstić information content (AvgIpc) is 2.82. The highest BCUT2D eigenvalue weighted by atomic mass is 19.2. The molecule has 0 aliphatic rings. The number of carbonyl (C=O) groups is 2. The van der Waals surface area contributed by atoms with Gasteiger partial charge in [0, 0.05) is 30.7 Å². The quantitative estimate of drug-likeness (QED) is 0.477. The summed E-state index contributed by atoms with van der Waals surface area (Å²) < 4.78 is 32.4. The minimum Gasteiger partial charge on any atom is -0.447 e. The number of halogens is 2. The molecule has 1 heterocycles. The zero-order valence-corrected chi connectivity index (χ0v) is 18.1. The van der Waals surface area contributed by atoms with Crippen molar-refractivity contribution in [1.82, 2.24) is 15.2 Å². The molecule has 3 amide bonds. The van der Waals surface area contributed by atoms with Crippen LogP contribution in [0.25, 0.3) is 10.8 Å². The molecule has 1 unspecified atom stereocenters. The average molecular weight is 454 g/mol. The van der Waals surface area contributed by atoms with Crippen molar-refractivity contribution in [1.29, 1.82) is 0 Å². The number of fused-ring (bicyclic) bond motifs is 1. The van der Waals surface area contributed by atoms with Crippen LogP contribution in [0.3, 0.4) is 0 Å². The maximum absolute atomic E-state index is 13.8. The van der Waals surface area contributed by atoms with E-state index in [9.17, 15) is 18.4 Å². The number of anilines is 1. The van der Waals surface area contributed by atoms with Gasteiger partial charge in [-0.3, -0.25) is 5.32 Å². The van der Waals surface area contributed by atoms with Crippen molar-refractivity contribution < 1.29 is 23.1 Å². The Morgan fingerprint density at radius 1 is 1.18 bits per heavy atom. The summed E-state index contributed by atoms with van der Waals surface area (Å²) in [6, 6.07) is 12.0. The maximum Gasteiger partial charge on any atom is 0.412 e. The number of carbonyl (C=O) groups excluding carboxylic acids is 2. The fourth-order valence-electron chi connectivity index (χ4n) is 3.14. The van der Waals surface area contributed by atoms with Gasteiger partial charge in [-0.05, 0) is 23.9 Å². The monoisotopic (exact) mass is 454 g/mol. The Morgan fingerprint density at radius 3 is 2.70 bits per heavy atom. The van der Waals surface area contributed by atoms with Crippen molar-refractivity contribution in [3.05, 3.63) is 84.6 Å². The Hall–Kier alpha value is -4.01. The molecule has 0 aliphatic heterocycles. The molecule has 3 aromatic rings. The number of pyridine rings is 1. The van der Waals surface area contributed by atoms with Gasteiger partial charge in [0.25, 0.3) is 0 Å². The molecule has 0 fully saturated rings. The first-order chi connectivity index (χ1) is 15.9. The Kier molecular flexibility index (Phi) is 7.91. The fourth-order valence-corrected chi connectivity index (χ4v) is 3.14. The maximum atomic E-state index is 13.8. The van der Waals surface area contributed by atoms with Crippen LogP contribution in [-0.2, 0) is 11.3 Å². The Morgan fingerprint density at radius 2 is 1.94 bits per heavy atom. The van der Waals surface area contributed by atoms with Crippen LogP contribution < -0.4 is 10.6 Å². The minimum atomic E-state index is -1.01. The van der Waals surface area contributed by atoms with E-state index in [1.54, 1.807) is 18.3 Å². The van der Waals surface area contributed by atoms with Crippen LogP contribution >= 0.6 is 0 Å². The lowest BCUT2D eigenvalue weighted by Crippen LogP contribution is -2.45. The zero-order chi connectivity index (χ0) is 23.8. The topological polar surface area (TPSA) is 83.6 Å². The molecule has 1 atom stereocenters. The first-order valence-electron chi connectivity index (χ1n) is 10.2. The van der Waals surface area contributed by atoms with Crippen molar-refractivity contribution in [3.63, 3.8) is 0 Å². The summed E-state index contributed by atoms with van der Waals surface area (Å²) in [5.41, 5.74) is 0.0236. The van der Waals surface area contributed by atoms with Gasteiger partial charge in [-0.1, -0.05) is 42.5 Å². The highest BCUT2D eigenvalue weighted by Crippen LogP contribution is 2.16. The van der Waals surface area contributed by atoms with Gasteiger partial charge in [0.1, 0.15) is 12.4 Å². The molecule has 172 valence electrons. The summed E-state index contributed by atoms with van der Waals surface area (Å²) in [5, 5.41) is 6.95. The molecule has 1 aromatic heterocycles. The summed E-state index contributed by atoms with van der Waals surface area (Å²) in [6.07, 6.45) is 2.86. The molecule has 33 heavy (non-hydrogen) atoms. The van der Waals surface area contributed by atoms with E-state index in [4.69, 9.17) is 4.74 Å². The number of ether oxygens (including phenoxy) is 1. The van der Waals surface area contributed by atoms with E-state index in [-0.39, 0.29) is 18.7 Å². The van der Waals surface area contributed by atoms with Gasteiger partial charge in [-0.15, -0.1) is 6.58 Å². The number of nitrogens with zero attached hydrogens (tertiary/aromatic N) is 2. The van der Waals surface area contributed by atoms with E-state index in [1.807, 2.05) is 24.3 Å². The third-order valence-corrected chi connectivity index (χ3v) is 5.04. The van der Waals surface area contributed by atoms with Crippen LogP contribution in [0.2, 0.25) is 0 Å². The van der Waals surface area contributed by atoms with Crippen LogP contribution in [0.5, 0.6) is 0 Å². The number of urea groups is 1. The molecule has 0 spiro atoms. The molecular weight excluding hydrogens is 430 g/mol. The second kappa shape index (κ2) is 11.0. The summed E-state index contributed by atoms with van der Waals surface area (Å²) >= 11 is 0.